The molecule has 0 saturated carbocycles. The van der Waals surface area contributed by atoms with Gasteiger partial charge in [-0.05, 0) is 30.4 Å². The summed E-state index contributed by atoms with van der Waals surface area (Å²) in [5.74, 6) is 0.00773. The number of allylic oxidation sites excluding steroid dienone is 3. The van der Waals surface area contributed by atoms with Crippen molar-refractivity contribution in [3.8, 4) is 0 Å². The fourth-order valence-electron chi connectivity index (χ4n) is 1.02. The minimum Gasteiger partial charge on any atom is -0.289 e. The third kappa shape index (κ3) is 4.46. The second-order valence-electron chi connectivity index (χ2n) is 3.13. The number of unbranched alkanes of at least 4 members (excludes halogenated alkanes) is 1. The van der Waals surface area contributed by atoms with Crippen LogP contribution in [0, 0.1) is 0 Å². The fraction of sp³-hybridized carbons (Fsp3) is 0.417. The Balaban J connectivity index is 4.02. The van der Waals surface area contributed by atoms with Crippen LogP contribution in [0.5, 0.6) is 0 Å². The molecule has 0 saturated heterocycles. The van der Waals surface area contributed by atoms with Crippen molar-refractivity contribution < 1.29 is 4.79 Å². The molecule has 0 aliphatic carbocycles. The summed E-state index contributed by atoms with van der Waals surface area (Å²) in [5.41, 5.74) is 1.27. The van der Waals surface area contributed by atoms with E-state index in [0.29, 0.717) is 17.6 Å². The number of hydrogen-bond acceptors (Lipinski definition) is 1. The molecule has 72 valence electrons. The maximum absolute atomic E-state index is 11.5. The molecule has 0 unspecified atom stereocenters. The SMILES string of the molecule is C=CCC(=C)C(=O)C(=C)CCCC. The van der Waals surface area contributed by atoms with Crippen LogP contribution in [0.1, 0.15) is 32.6 Å². The maximum atomic E-state index is 11.5. The molecule has 0 N–H and O–H groups in total. The van der Waals surface area contributed by atoms with Crippen molar-refractivity contribution in [2.75, 3.05) is 0 Å². The molecule has 0 aliphatic rings. The Morgan fingerprint density at radius 1 is 1.31 bits per heavy atom. The van der Waals surface area contributed by atoms with Gasteiger partial charge >= 0.3 is 0 Å². The first-order chi connectivity index (χ1) is 6.13. The fourth-order valence-corrected chi connectivity index (χ4v) is 1.02. The number of carbonyl (C=O) groups is 1. The zero-order chi connectivity index (χ0) is 10.3. The quantitative estimate of drug-likeness (QED) is 0.431. The lowest BCUT2D eigenvalue weighted by Crippen LogP contribution is -2.03. The Bertz CT molecular complexity index is 223. The molecule has 0 fully saturated rings. The summed E-state index contributed by atoms with van der Waals surface area (Å²) in [7, 11) is 0. The lowest BCUT2D eigenvalue weighted by molar-refractivity contribution is -0.112. The molecule has 1 nitrogen and oxygen atoms in total. The van der Waals surface area contributed by atoms with Crippen LogP contribution in [0.15, 0.2) is 37.0 Å². The molecular formula is C12H18O. The molecule has 0 heterocycles. The van der Waals surface area contributed by atoms with E-state index in [4.69, 9.17) is 0 Å². The number of carbonyl (C=O) groups excluding carboxylic acids is 1. The van der Waals surface area contributed by atoms with Crippen LogP contribution in [0.4, 0.5) is 0 Å². The van der Waals surface area contributed by atoms with Gasteiger partial charge in [0.2, 0.25) is 0 Å². The lowest BCUT2D eigenvalue weighted by atomic mass is 9.99. The predicted octanol–water partition coefficient (Wildman–Crippen LogP) is 3.43. The molecule has 13 heavy (non-hydrogen) atoms. The van der Waals surface area contributed by atoms with Gasteiger partial charge in [-0.1, -0.05) is 32.6 Å². The van der Waals surface area contributed by atoms with Crippen molar-refractivity contribution in [3.05, 3.63) is 37.0 Å². The highest BCUT2D eigenvalue weighted by Gasteiger charge is 2.08. The van der Waals surface area contributed by atoms with Crippen LogP contribution in [-0.4, -0.2) is 5.78 Å². The van der Waals surface area contributed by atoms with Gasteiger partial charge < -0.3 is 0 Å². The average molecular weight is 178 g/mol. The Morgan fingerprint density at radius 3 is 2.38 bits per heavy atom. The minimum atomic E-state index is 0.00773. The molecule has 0 atom stereocenters. The predicted molar refractivity (Wildman–Crippen MR) is 57.6 cm³/mol. The Labute approximate surface area is 80.8 Å². The zero-order valence-electron chi connectivity index (χ0n) is 8.44. The minimum absolute atomic E-state index is 0.00773. The zero-order valence-corrected chi connectivity index (χ0v) is 8.44. The van der Waals surface area contributed by atoms with Gasteiger partial charge in [-0.3, -0.25) is 4.79 Å². The third-order valence-corrected chi connectivity index (χ3v) is 1.87. The summed E-state index contributed by atoms with van der Waals surface area (Å²) in [6, 6.07) is 0. The van der Waals surface area contributed by atoms with Gasteiger partial charge in [0.15, 0.2) is 5.78 Å². The molecule has 0 bridgehead atoms. The van der Waals surface area contributed by atoms with Crippen molar-refractivity contribution in [2.24, 2.45) is 0 Å². The second kappa shape index (κ2) is 6.41. The Hall–Kier alpha value is -1.11. The van der Waals surface area contributed by atoms with E-state index < -0.39 is 0 Å². The maximum Gasteiger partial charge on any atom is 0.184 e. The monoisotopic (exact) mass is 178 g/mol. The molecule has 0 aromatic rings. The van der Waals surface area contributed by atoms with Gasteiger partial charge in [0.25, 0.3) is 0 Å². The van der Waals surface area contributed by atoms with Crippen molar-refractivity contribution >= 4 is 5.78 Å². The summed E-state index contributed by atoms with van der Waals surface area (Å²) in [6.07, 6.45) is 5.13. The third-order valence-electron chi connectivity index (χ3n) is 1.87. The van der Waals surface area contributed by atoms with Gasteiger partial charge in [0.05, 0.1) is 0 Å². The molecule has 0 amide bonds. The largest absolute Gasteiger partial charge is 0.289 e. The van der Waals surface area contributed by atoms with E-state index in [1.54, 1.807) is 6.08 Å². The first kappa shape index (κ1) is 11.9. The van der Waals surface area contributed by atoms with Crippen molar-refractivity contribution in [3.63, 3.8) is 0 Å². The summed E-state index contributed by atoms with van der Waals surface area (Å²) < 4.78 is 0. The molecule has 0 aromatic heterocycles. The molecular weight excluding hydrogens is 160 g/mol. The van der Waals surface area contributed by atoms with E-state index in [-0.39, 0.29) is 5.78 Å². The standard InChI is InChI=1S/C12H18O/c1-5-7-9-11(4)12(13)10(3)8-6-2/h6H,2-5,7-9H2,1H3. The molecule has 0 rings (SSSR count). The topological polar surface area (TPSA) is 17.1 Å². The second-order valence-corrected chi connectivity index (χ2v) is 3.13. The lowest BCUT2D eigenvalue weighted by Gasteiger charge is -2.04. The normalized spacial score (nSPS) is 9.31. The number of hydrogen-bond donors (Lipinski definition) is 0. The van der Waals surface area contributed by atoms with Gasteiger partial charge in [-0.2, -0.15) is 0 Å². The highest BCUT2D eigenvalue weighted by Crippen LogP contribution is 2.12. The van der Waals surface area contributed by atoms with Gasteiger partial charge in [0, 0.05) is 0 Å². The molecule has 1 heteroatoms. The summed E-state index contributed by atoms with van der Waals surface area (Å²) in [6.45, 7) is 13.1. The average Bonchev–Trinajstić information content (AvgIpc) is 2.13. The smallest absolute Gasteiger partial charge is 0.184 e. The van der Waals surface area contributed by atoms with E-state index >= 15 is 0 Å². The van der Waals surface area contributed by atoms with Gasteiger partial charge in [0.1, 0.15) is 0 Å². The summed E-state index contributed by atoms with van der Waals surface area (Å²) in [4.78, 5) is 11.5. The van der Waals surface area contributed by atoms with E-state index in [0.717, 1.165) is 19.3 Å². The highest BCUT2D eigenvalue weighted by molar-refractivity contribution is 6.07. The van der Waals surface area contributed by atoms with Crippen LogP contribution in [0.25, 0.3) is 0 Å². The Morgan fingerprint density at radius 2 is 1.92 bits per heavy atom. The van der Waals surface area contributed by atoms with Crippen molar-refractivity contribution in [1.82, 2.24) is 0 Å². The van der Waals surface area contributed by atoms with Gasteiger partial charge in [-0.25, -0.2) is 0 Å². The van der Waals surface area contributed by atoms with E-state index in [1.807, 2.05) is 0 Å². The van der Waals surface area contributed by atoms with E-state index in [9.17, 15) is 4.79 Å². The first-order valence-corrected chi connectivity index (χ1v) is 4.64. The summed E-state index contributed by atoms with van der Waals surface area (Å²) in [5, 5.41) is 0. The number of Topliss-reactive ketones (excluding diaryl/α,β-unsaturated/α-hetero) is 1. The number of ketones is 1. The van der Waals surface area contributed by atoms with Crippen molar-refractivity contribution in [2.45, 2.75) is 32.6 Å². The first-order valence-electron chi connectivity index (χ1n) is 4.64. The molecule has 0 radical (unpaired) electrons. The number of rotatable bonds is 7. The summed E-state index contributed by atoms with van der Waals surface area (Å²) >= 11 is 0. The van der Waals surface area contributed by atoms with Crippen LogP contribution in [0.2, 0.25) is 0 Å². The van der Waals surface area contributed by atoms with E-state index in [1.165, 1.54) is 0 Å². The van der Waals surface area contributed by atoms with Gasteiger partial charge in [-0.15, -0.1) is 6.58 Å². The Kier molecular flexibility index (Phi) is 5.86. The molecule has 0 spiro atoms. The van der Waals surface area contributed by atoms with Crippen LogP contribution in [0.3, 0.4) is 0 Å². The van der Waals surface area contributed by atoms with Crippen LogP contribution >= 0.6 is 0 Å². The highest BCUT2D eigenvalue weighted by atomic mass is 16.1. The van der Waals surface area contributed by atoms with Crippen molar-refractivity contribution in [1.29, 1.82) is 0 Å². The van der Waals surface area contributed by atoms with Crippen LogP contribution < -0.4 is 0 Å². The molecule has 0 aromatic carbocycles. The van der Waals surface area contributed by atoms with E-state index in [2.05, 4.69) is 26.7 Å². The molecule has 0 aliphatic heterocycles. The van der Waals surface area contributed by atoms with Crippen LogP contribution in [-0.2, 0) is 4.79 Å².